The van der Waals surface area contributed by atoms with Crippen LogP contribution >= 0.6 is 0 Å². The van der Waals surface area contributed by atoms with Gasteiger partial charge in [0.1, 0.15) is 0 Å². The van der Waals surface area contributed by atoms with Gasteiger partial charge in [-0.1, -0.05) is 37.0 Å². The lowest BCUT2D eigenvalue weighted by Gasteiger charge is -2.05. The van der Waals surface area contributed by atoms with Crippen molar-refractivity contribution in [1.29, 1.82) is 0 Å². The first-order chi connectivity index (χ1) is 7.19. The number of nitrogens with two attached hydrogens (primary N) is 1. The summed E-state index contributed by atoms with van der Waals surface area (Å²) in [7, 11) is 1.80. The highest BCUT2D eigenvalue weighted by Gasteiger charge is 1.97. The van der Waals surface area contributed by atoms with E-state index in [9.17, 15) is 0 Å². The van der Waals surface area contributed by atoms with Crippen LogP contribution in [0.2, 0.25) is 0 Å². The van der Waals surface area contributed by atoms with E-state index in [0.717, 1.165) is 11.1 Å². The summed E-state index contributed by atoms with van der Waals surface area (Å²) < 4.78 is 0. The molecule has 0 unspecified atom stereocenters. The quantitative estimate of drug-likeness (QED) is 0.676. The van der Waals surface area contributed by atoms with Crippen LogP contribution in [-0.4, -0.2) is 7.05 Å². The van der Waals surface area contributed by atoms with Gasteiger partial charge in [-0.15, -0.1) is 0 Å². The Hall–Kier alpha value is -1.70. The Kier molecular flexibility index (Phi) is 6.81. The summed E-state index contributed by atoms with van der Waals surface area (Å²) in [4.78, 5) is 0. The summed E-state index contributed by atoms with van der Waals surface area (Å²) in [6.07, 6.45) is 11.6. The molecule has 0 heterocycles. The minimum atomic E-state index is 0.641. The number of hydrogen-bond donors (Lipinski definition) is 2. The van der Waals surface area contributed by atoms with Gasteiger partial charge in [-0.05, 0) is 31.1 Å². The van der Waals surface area contributed by atoms with Crippen molar-refractivity contribution in [2.24, 2.45) is 5.73 Å². The Morgan fingerprint density at radius 2 is 1.93 bits per heavy atom. The summed E-state index contributed by atoms with van der Waals surface area (Å²) in [5.74, 6) is 0.641. The number of allylic oxidation sites excluding steroid dienone is 8. The fourth-order valence-corrected chi connectivity index (χ4v) is 1.13. The molecule has 0 aromatic rings. The largest absolute Gasteiger partial charge is 0.386 e. The third-order valence-corrected chi connectivity index (χ3v) is 1.89. The summed E-state index contributed by atoms with van der Waals surface area (Å²) in [6, 6.07) is 0. The van der Waals surface area contributed by atoms with Crippen molar-refractivity contribution in [1.82, 2.24) is 5.32 Å². The topological polar surface area (TPSA) is 38.0 Å². The molecule has 0 fully saturated rings. The van der Waals surface area contributed by atoms with Crippen molar-refractivity contribution in [2.45, 2.75) is 13.8 Å². The second-order valence-electron chi connectivity index (χ2n) is 2.95. The van der Waals surface area contributed by atoms with E-state index in [4.69, 9.17) is 5.73 Å². The fraction of sp³-hybridized carbons (Fsp3) is 0.231. The van der Waals surface area contributed by atoms with E-state index < -0.39 is 0 Å². The highest BCUT2D eigenvalue weighted by molar-refractivity contribution is 5.48. The average Bonchev–Trinajstić information content (AvgIpc) is 2.25. The van der Waals surface area contributed by atoms with Crippen molar-refractivity contribution in [3.8, 4) is 0 Å². The van der Waals surface area contributed by atoms with Gasteiger partial charge in [-0.25, -0.2) is 0 Å². The van der Waals surface area contributed by atoms with Gasteiger partial charge in [0, 0.05) is 7.05 Å². The first-order valence-electron chi connectivity index (χ1n) is 4.96. The predicted octanol–water partition coefficient (Wildman–Crippen LogP) is 2.64. The zero-order valence-electron chi connectivity index (χ0n) is 9.75. The van der Waals surface area contributed by atoms with Gasteiger partial charge in [0.2, 0.25) is 0 Å². The van der Waals surface area contributed by atoms with E-state index in [-0.39, 0.29) is 0 Å². The summed E-state index contributed by atoms with van der Waals surface area (Å²) >= 11 is 0. The first kappa shape index (κ1) is 13.3. The van der Waals surface area contributed by atoms with Crippen LogP contribution in [0.1, 0.15) is 13.8 Å². The highest BCUT2D eigenvalue weighted by Crippen LogP contribution is 2.14. The van der Waals surface area contributed by atoms with E-state index in [2.05, 4.69) is 11.9 Å². The molecular formula is C13H20N2. The Labute approximate surface area is 92.6 Å². The lowest BCUT2D eigenvalue weighted by Crippen LogP contribution is -2.14. The molecule has 0 bridgehead atoms. The molecule has 0 spiro atoms. The molecule has 3 N–H and O–H groups in total. The Balaban J connectivity index is 5.11. The van der Waals surface area contributed by atoms with Crippen molar-refractivity contribution >= 4 is 0 Å². The van der Waals surface area contributed by atoms with Gasteiger partial charge in [0.05, 0.1) is 5.82 Å². The Morgan fingerprint density at radius 1 is 1.27 bits per heavy atom. The van der Waals surface area contributed by atoms with Gasteiger partial charge in [0.15, 0.2) is 0 Å². The van der Waals surface area contributed by atoms with Gasteiger partial charge in [0.25, 0.3) is 0 Å². The number of nitrogens with one attached hydrogen (secondary N) is 1. The summed E-state index contributed by atoms with van der Waals surface area (Å²) in [5, 5.41) is 2.89. The van der Waals surface area contributed by atoms with E-state index in [1.54, 1.807) is 13.1 Å². The third kappa shape index (κ3) is 4.91. The molecular weight excluding hydrogens is 184 g/mol. The third-order valence-electron chi connectivity index (χ3n) is 1.89. The standard InChI is InChI=1S/C13H20N2/c1-5-8-12(9-6-2)11(7-3)10-13(14)15-4/h5-10,15H,1,14H2,2-4H3/b9-6-,11-7+,12-8+,13-10-. The Morgan fingerprint density at radius 3 is 2.33 bits per heavy atom. The van der Waals surface area contributed by atoms with Crippen molar-refractivity contribution in [3.63, 3.8) is 0 Å². The minimum Gasteiger partial charge on any atom is -0.386 e. The van der Waals surface area contributed by atoms with Crippen LogP contribution < -0.4 is 11.1 Å². The van der Waals surface area contributed by atoms with Crippen LogP contribution in [0.3, 0.4) is 0 Å². The Bertz CT molecular complexity index is 317. The van der Waals surface area contributed by atoms with E-state index in [0.29, 0.717) is 5.82 Å². The van der Waals surface area contributed by atoms with Gasteiger partial charge in [-0.3, -0.25) is 0 Å². The van der Waals surface area contributed by atoms with Crippen LogP contribution in [0.5, 0.6) is 0 Å². The molecule has 0 aromatic carbocycles. The molecule has 0 aliphatic rings. The normalized spacial score (nSPS) is 14.5. The zero-order chi connectivity index (χ0) is 11.7. The molecule has 0 saturated heterocycles. The molecule has 2 nitrogen and oxygen atoms in total. The van der Waals surface area contributed by atoms with E-state index in [1.165, 1.54) is 0 Å². The second-order valence-corrected chi connectivity index (χ2v) is 2.95. The maximum absolute atomic E-state index is 5.71. The molecule has 0 aliphatic carbocycles. The maximum atomic E-state index is 5.71. The number of hydrogen-bond acceptors (Lipinski definition) is 2. The second kappa shape index (κ2) is 7.68. The molecule has 15 heavy (non-hydrogen) atoms. The molecule has 0 atom stereocenters. The van der Waals surface area contributed by atoms with Crippen LogP contribution in [-0.2, 0) is 0 Å². The van der Waals surface area contributed by atoms with Crippen molar-refractivity contribution in [3.05, 3.63) is 60.0 Å². The average molecular weight is 204 g/mol. The molecule has 82 valence electrons. The first-order valence-corrected chi connectivity index (χ1v) is 4.96. The molecule has 2 heteroatoms. The zero-order valence-corrected chi connectivity index (χ0v) is 9.75. The van der Waals surface area contributed by atoms with Gasteiger partial charge < -0.3 is 11.1 Å². The van der Waals surface area contributed by atoms with Crippen LogP contribution in [0.4, 0.5) is 0 Å². The predicted molar refractivity (Wildman–Crippen MR) is 68.2 cm³/mol. The molecule has 0 radical (unpaired) electrons. The van der Waals surface area contributed by atoms with Crippen LogP contribution in [0.25, 0.3) is 0 Å². The summed E-state index contributed by atoms with van der Waals surface area (Å²) in [6.45, 7) is 7.66. The summed E-state index contributed by atoms with van der Waals surface area (Å²) in [5.41, 5.74) is 7.87. The SMILES string of the molecule is C=C/C=C(\C=C/C)C(/C=C(/N)NC)=C/C. The van der Waals surface area contributed by atoms with E-state index >= 15 is 0 Å². The van der Waals surface area contributed by atoms with Crippen molar-refractivity contribution < 1.29 is 0 Å². The molecule has 0 rings (SSSR count). The van der Waals surface area contributed by atoms with E-state index in [1.807, 2.05) is 44.2 Å². The molecule has 0 aromatic heterocycles. The maximum Gasteiger partial charge on any atom is 0.0963 e. The molecule has 0 amide bonds. The molecule has 0 aliphatic heterocycles. The smallest absolute Gasteiger partial charge is 0.0963 e. The highest BCUT2D eigenvalue weighted by atomic mass is 14.9. The van der Waals surface area contributed by atoms with Crippen molar-refractivity contribution in [2.75, 3.05) is 7.05 Å². The van der Waals surface area contributed by atoms with Gasteiger partial charge >= 0.3 is 0 Å². The van der Waals surface area contributed by atoms with Crippen LogP contribution in [0.15, 0.2) is 60.0 Å². The minimum absolute atomic E-state index is 0.641. The lowest BCUT2D eigenvalue weighted by atomic mass is 10.0. The van der Waals surface area contributed by atoms with Gasteiger partial charge in [-0.2, -0.15) is 0 Å². The fourth-order valence-electron chi connectivity index (χ4n) is 1.13. The molecule has 0 saturated carbocycles. The van der Waals surface area contributed by atoms with Crippen LogP contribution in [0, 0.1) is 0 Å². The lowest BCUT2D eigenvalue weighted by molar-refractivity contribution is 0.962. The number of rotatable bonds is 5. The monoisotopic (exact) mass is 204 g/mol.